The Balaban J connectivity index is 3.79. The fraction of sp³-hybridized carbons (Fsp3) is 0.833. The second kappa shape index (κ2) is 4.69. The third-order valence-corrected chi connectivity index (χ3v) is 2.49. The van der Waals surface area contributed by atoms with Crippen molar-refractivity contribution in [3.05, 3.63) is 12.2 Å². The maximum absolute atomic E-state index is 2.32. The molecule has 0 fully saturated rings. The molecule has 0 bridgehead atoms. The van der Waals surface area contributed by atoms with Crippen molar-refractivity contribution in [2.75, 3.05) is 0 Å². The van der Waals surface area contributed by atoms with E-state index in [1.807, 2.05) is 0 Å². The standard InChI is InChI=1S/C12H24/c1-10(2)8-7-9-11(3)12(4,5)6/h7-8,10-11H,9H2,1-6H3. The van der Waals surface area contributed by atoms with E-state index in [-0.39, 0.29) is 0 Å². The highest BCUT2D eigenvalue weighted by atomic mass is 14.2. The molecule has 0 aliphatic rings. The van der Waals surface area contributed by atoms with Crippen LogP contribution in [0.5, 0.6) is 0 Å². The molecule has 1 atom stereocenters. The first-order valence-electron chi connectivity index (χ1n) is 5.00. The van der Waals surface area contributed by atoms with Crippen molar-refractivity contribution in [1.82, 2.24) is 0 Å². The molecular weight excluding hydrogens is 144 g/mol. The van der Waals surface area contributed by atoms with Gasteiger partial charge in [-0.1, -0.05) is 53.7 Å². The predicted molar refractivity (Wildman–Crippen MR) is 57.2 cm³/mol. The Bertz CT molecular complexity index is 135. The lowest BCUT2D eigenvalue weighted by atomic mass is 9.80. The van der Waals surface area contributed by atoms with Gasteiger partial charge in [-0.3, -0.25) is 0 Å². The Morgan fingerprint density at radius 3 is 1.92 bits per heavy atom. The quantitative estimate of drug-likeness (QED) is 0.552. The van der Waals surface area contributed by atoms with Gasteiger partial charge in [0.25, 0.3) is 0 Å². The molecule has 12 heavy (non-hydrogen) atoms. The summed E-state index contributed by atoms with van der Waals surface area (Å²) < 4.78 is 0. The van der Waals surface area contributed by atoms with Gasteiger partial charge in [-0.25, -0.2) is 0 Å². The van der Waals surface area contributed by atoms with Crippen LogP contribution in [-0.4, -0.2) is 0 Å². The lowest BCUT2D eigenvalue weighted by Gasteiger charge is -2.26. The average molecular weight is 168 g/mol. The zero-order chi connectivity index (χ0) is 9.78. The van der Waals surface area contributed by atoms with Gasteiger partial charge in [-0.15, -0.1) is 0 Å². The number of hydrogen-bond acceptors (Lipinski definition) is 0. The maximum atomic E-state index is 2.32. The van der Waals surface area contributed by atoms with Gasteiger partial charge in [0.05, 0.1) is 0 Å². The first-order valence-corrected chi connectivity index (χ1v) is 5.00. The van der Waals surface area contributed by atoms with Crippen LogP contribution in [0, 0.1) is 17.3 Å². The van der Waals surface area contributed by atoms with E-state index in [1.54, 1.807) is 0 Å². The normalized spacial score (nSPS) is 15.9. The van der Waals surface area contributed by atoms with Gasteiger partial charge < -0.3 is 0 Å². The molecule has 0 nitrogen and oxygen atoms in total. The molecule has 0 amide bonds. The highest BCUT2D eigenvalue weighted by Crippen LogP contribution is 2.28. The SMILES string of the molecule is CC(C)C=CCC(C)C(C)(C)C. The van der Waals surface area contributed by atoms with E-state index in [4.69, 9.17) is 0 Å². The molecule has 72 valence electrons. The van der Waals surface area contributed by atoms with Gasteiger partial charge in [0.1, 0.15) is 0 Å². The first kappa shape index (κ1) is 11.7. The Labute approximate surface area is 78.1 Å². The summed E-state index contributed by atoms with van der Waals surface area (Å²) in [6, 6.07) is 0. The van der Waals surface area contributed by atoms with E-state index in [1.165, 1.54) is 6.42 Å². The van der Waals surface area contributed by atoms with Crippen LogP contribution in [0.25, 0.3) is 0 Å². The second-order valence-electron chi connectivity index (χ2n) is 5.17. The molecule has 0 heteroatoms. The first-order chi connectivity index (χ1) is 5.34. The largest absolute Gasteiger partial charge is 0.0880 e. The van der Waals surface area contributed by atoms with Crippen LogP contribution in [0.3, 0.4) is 0 Å². The zero-order valence-corrected chi connectivity index (χ0v) is 9.52. The zero-order valence-electron chi connectivity index (χ0n) is 9.52. The summed E-state index contributed by atoms with van der Waals surface area (Å²) in [6.07, 6.45) is 5.82. The van der Waals surface area contributed by atoms with E-state index < -0.39 is 0 Å². The second-order valence-corrected chi connectivity index (χ2v) is 5.17. The number of hydrogen-bond donors (Lipinski definition) is 0. The van der Waals surface area contributed by atoms with Crippen molar-refractivity contribution in [3.63, 3.8) is 0 Å². The van der Waals surface area contributed by atoms with Crippen LogP contribution in [0.4, 0.5) is 0 Å². The van der Waals surface area contributed by atoms with Crippen LogP contribution >= 0.6 is 0 Å². The molecule has 0 spiro atoms. The summed E-state index contributed by atoms with van der Waals surface area (Å²) in [5.41, 5.74) is 0.446. The van der Waals surface area contributed by atoms with E-state index >= 15 is 0 Å². The van der Waals surface area contributed by atoms with Crippen molar-refractivity contribution >= 4 is 0 Å². The van der Waals surface area contributed by atoms with E-state index in [9.17, 15) is 0 Å². The molecule has 0 heterocycles. The van der Waals surface area contributed by atoms with Crippen LogP contribution < -0.4 is 0 Å². The minimum absolute atomic E-state index is 0.446. The predicted octanol–water partition coefficient (Wildman–Crippen LogP) is 4.27. The Morgan fingerprint density at radius 1 is 1.08 bits per heavy atom. The molecule has 0 aliphatic heterocycles. The fourth-order valence-electron chi connectivity index (χ4n) is 0.908. The molecule has 0 N–H and O–H groups in total. The van der Waals surface area contributed by atoms with Gasteiger partial charge >= 0.3 is 0 Å². The van der Waals surface area contributed by atoms with Crippen molar-refractivity contribution in [1.29, 1.82) is 0 Å². The molecule has 0 rings (SSSR count). The smallest absolute Gasteiger partial charge is 0.0290 e. The van der Waals surface area contributed by atoms with Crippen molar-refractivity contribution < 1.29 is 0 Å². The van der Waals surface area contributed by atoms with Gasteiger partial charge in [0, 0.05) is 0 Å². The van der Waals surface area contributed by atoms with Gasteiger partial charge in [-0.2, -0.15) is 0 Å². The van der Waals surface area contributed by atoms with Crippen LogP contribution in [-0.2, 0) is 0 Å². The highest BCUT2D eigenvalue weighted by Gasteiger charge is 2.17. The minimum atomic E-state index is 0.446. The van der Waals surface area contributed by atoms with Crippen molar-refractivity contribution in [2.24, 2.45) is 17.3 Å². The Morgan fingerprint density at radius 2 is 1.58 bits per heavy atom. The van der Waals surface area contributed by atoms with Gasteiger partial charge in [0.2, 0.25) is 0 Å². The molecule has 0 aromatic rings. The van der Waals surface area contributed by atoms with Gasteiger partial charge in [-0.05, 0) is 23.7 Å². The molecular formula is C12H24. The monoisotopic (exact) mass is 168 g/mol. The lowest BCUT2D eigenvalue weighted by Crippen LogP contribution is -2.16. The van der Waals surface area contributed by atoms with Crippen LogP contribution in [0.1, 0.15) is 48.0 Å². The molecule has 1 unspecified atom stereocenters. The summed E-state index contributed by atoms with van der Waals surface area (Å²) in [7, 11) is 0. The molecule has 0 aliphatic carbocycles. The van der Waals surface area contributed by atoms with Crippen molar-refractivity contribution in [2.45, 2.75) is 48.0 Å². The lowest BCUT2D eigenvalue weighted by molar-refractivity contribution is 0.263. The fourth-order valence-corrected chi connectivity index (χ4v) is 0.908. The summed E-state index contributed by atoms with van der Waals surface area (Å²) >= 11 is 0. The third-order valence-electron chi connectivity index (χ3n) is 2.49. The summed E-state index contributed by atoms with van der Waals surface area (Å²) in [6.45, 7) is 13.7. The van der Waals surface area contributed by atoms with Crippen LogP contribution in [0.2, 0.25) is 0 Å². The van der Waals surface area contributed by atoms with Crippen LogP contribution in [0.15, 0.2) is 12.2 Å². The maximum Gasteiger partial charge on any atom is -0.0290 e. The topological polar surface area (TPSA) is 0 Å². The summed E-state index contributed by atoms with van der Waals surface area (Å²) in [4.78, 5) is 0. The number of rotatable bonds is 3. The summed E-state index contributed by atoms with van der Waals surface area (Å²) in [5.74, 6) is 1.46. The van der Waals surface area contributed by atoms with E-state index in [0.717, 1.165) is 5.92 Å². The molecule has 0 aromatic heterocycles. The van der Waals surface area contributed by atoms with E-state index in [2.05, 4.69) is 53.7 Å². The molecule has 0 saturated heterocycles. The minimum Gasteiger partial charge on any atom is -0.0880 e. The Hall–Kier alpha value is -0.260. The summed E-state index contributed by atoms with van der Waals surface area (Å²) in [5, 5.41) is 0. The Kier molecular flexibility index (Phi) is 4.59. The highest BCUT2D eigenvalue weighted by molar-refractivity contribution is 4.87. The molecule has 0 saturated carbocycles. The molecule has 0 radical (unpaired) electrons. The average Bonchev–Trinajstić information content (AvgIpc) is 1.84. The van der Waals surface area contributed by atoms with Gasteiger partial charge in [0.15, 0.2) is 0 Å². The molecule has 0 aromatic carbocycles. The van der Waals surface area contributed by atoms with E-state index in [0.29, 0.717) is 11.3 Å². The van der Waals surface area contributed by atoms with Crippen molar-refractivity contribution in [3.8, 4) is 0 Å². The number of allylic oxidation sites excluding steroid dienone is 2. The third kappa shape index (κ3) is 5.40.